The van der Waals surface area contributed by atoms with Crippen molar-refractivity contribution in [1.82, 2.24) is 4.90 Å². The number of rotatable bonds is 51. The number of nitrogens with zero attached hydrogens (tertiary/aromatic N) is 1. The van der Waals surface area contributed by atoms with Crippen LogP contribution in [0.1, 0.15) is 252 Å². The lowest BCUT2D eigenvalue weighted by molar-refractivity contribution is -0.135. The minimum atomic E-state index is -0.0924. The molecule has 0 bridgehead atoms. The normalized spacial score (nSPS) is 12.4. The number of amides is 1. The highest BCUT2D eigenvalue weighted by molar-refractivity contribution is 5.76. The standard InChI is InChI=1S/C54H105NO5/c1-5-9-12-15-18-20-22-24-26-28-30-32-34-36-39-42-46-59-52-53(60-47-43-40-37-35-33-31-29-27-25-23-21-19-16-13-10-6-2)51-55(45-41-38-17-14-11-7-3)54(56)44-48-58-50-49-57-8-4/h24-27,53H,5-23,28-52H2,1-4H3/b26-24-,27-25-. The lowest BCUT2D eigenvalue weighted by Crippen LogP contribution is -2.41. The fraction of sp³-hybridized carbons (Fsp3) is 0.907. The second-order valence-electron chi connectivity index (χ2n) is 17.6. The molecule has 1 unspecified atom stereocenters. The van der Waals surface area contributed by atoms with Crippen LogP contribution >= 0.6 is 0 Å². The SMILES string of the molecule is CCCCCCCC/C=C\CCCCCCCCOCC(CN(CCCCCCCC)C(=O)CCOCCOCC)OCCCCCCCC/C=C\CCCCCCCC. The fourth-order valence-electron chi connectivity index (χ4n) is 7.75. The van der Waals surface area contributed by atoms with Crippen molar-refractivity contribution in [3.63, 3.8) is 0 Å². The Labute approximate surface area is 375 Å². The third-order valence-electron chi connectivity index (χ3n) is 11.7. The molecule has 1 amide bonds. The second-order valence-corrected chi connectivity index (χ2v) is 17.6. The van der Waals surface area contributed by atoms with Crippen molar-refractivity contribution >= 4 is 5.91 Å². The van der Waals surface area contributed by atoms with E-state index < -0.39 is 0 Å². The monoisotopic (exact) mass is 848 g/mol. The summed E-state index contributed by atoms with van der Waals surface area (Å²) in [6.07, 6.45) is 53.8. The lowest BCUT2D eigenvalue weighted by Gasteiger charge is -2.28. The molecule has 0 N–H and O–H groups in total. The maximum atomic E-state index is 13.5. The predicted molar refractivity (Wildman–Crippen MR) is 261 cm³/mol. The maximum Gasteiger partial charge on any atom is 0.224 e. The molecule has 6 nitrogen and oxygen atoms in total. The summed E-state index contributed by atoms with van der Waals surface area (Å²) in [4.78, 5) is 15.6. The molecule has 0 aromatic rings. The Kier molecular flexibility index (Phi) is 51.1. The Morgan fingerprint density at radius 3 is 1.28 bits per heavy atom. The topological polar surface area (TPSA) is 57.2 Å². The van der Waals surface area contributed by atoms with Gasteiger partial charge in [0.25, 0.3) is 0 Å². The van der Waals surface area contributed by atoms with Gasteiger partial charge in [-0.15, -0.1) is 0 Å². The fourth-order valence-corrected chi connectivity index (χ4v) is 7.75. The minimum absolute atomic E-state index is 0.0924. The van der Waals surface area contributed by atoms with Crippen LogP contribution in [0, 0.1) is 0 Å². The molecule has 0 aliphatic rings. The predicted octanol–water partition coefficient (Wildman–Crippen LogP) is 16.1. The summed E-state index contributed by atoms with van der Waals surface area (Å²) >= 11 is 0. The zero-order chi connectivity index (χ0) is 43.5. The van der Waals surface area contributed by atoms with Crippen LogP contribution in [0.15, 0.2) is 24.3 Å². The molecule has 0 fully saturated rings. The molecular weight excluding hydrogens is 743 g/mol. The van der Waals surface area contributed by atoms with Gasteiger partial charge in [-0.2, -0.15) is 0 Å². The van der Waals surface area contributed by atoms with Gasteiger partial charge in [-0.25, -0.2) is 0 Å². The smallest absolute Gasteiger partial charge is 0.224 e. The van der Waals surface area contributed by atoms with Crippen molar-refractivity contribution < 1.29 is 23.7 Å². The van der Waals surface area contributed by atoms with Crippen molar-refractivity contribution in [1.29, 1.82) is 0 Å². The van der Waals surface area contributed by atoms with E-state index in [1.165, 1.54) is 199 Å². The van der Waals surface area contributed by atoms with Gasteiger partial charge in [0.15, 0.2) is 0 Å². The van der Waals surface area contributed by atoms with E-state index in [2.05, 4.69) is 45.1 Å². The number of unbranched alkanes of at least 4 members (excludes halogenated alkanes) is 29. The summed E-state index contributed by atoms with van der Waals surface area (Å²) in [7, 11) is 0. The largest absolute Gasteiger partial charge is 0.379 e. The first-order valence-electron chi connectivity index (χ1n) is 26.6. The van der Waals surface area contributed by atoms with Gasteiger partial charge in [0.2, 0.25) is 5.91 Å². The summed E-state index contributed by atoms with van der Waals surface area (Å²) in [5, 5.41) is 0. The van der Waals surface area contributed by atoms with Gasteiger partial charge in [-0.05, 0) is 77.6 Å². The van der Waals surface area contributed by atoms with Gasteiger partial charge in [0.05, 0.1) is 39.0 Å². The first kappa shape index (κ1) is 58.8. The number of hydrogen-bond donors (Lipinski definition) is 0. The maximum absolute atomic E-state index is 13.5. The highest BCUT2D eigenvalue weighted by Gasteiger charge is 2.20. The highest BCUT2D eigenvalue weighted by atomic mass is 16.5. The number of carbonyl (C=O) groups is 1. The molecule has 0 radical (unpaired) electrons. The van der Waals surface area contributed by atoms with E-state index in [1.54, 1.807) is 0 Å². The highest BCUT2D eigenvalue weighted by Crippen LogP contribution is 2.14. The minimum Gasteiger partial charge on any atom is -0.379 e. The van der Waals surface area contributed by atoms with Crippen LogP contribution in [-0.4, -0.2) is 76.2 Å². The zero-order valence-corrected chi connectivity index (χ0v) is 41.0. The van der Waals surface area contributed by atoms with Crippen LogP contribution in [0.3, 0.4) is 0 Å². The Bertz CT molecular complexity index is 878. The Balaban J connectivity index is 4.67. The van der Waals surface area contributed by atoms with Crippen molar-refractivity contribution in [2.45, 2.75) is 259 Å². The lowest BCUT2D eigenvalue weighted by atomic mass is 10.1. The van der Waals surface area contributed by atoms with E-state index in [9.17, 15) is 4.79 Å². The van der Waals surface area contributed by atoms with Crippen molar-refractivity contribution in [3.05, 3.63) is 24.3 Å². The Hall–Kier alpha value is -1.21. The van der Waals surface area contributed by atoms with Crippen LogP contribution in [0.4, 0.5) is 0 Å². The van der Waals surface area contributed by atoms with E-state index in [0.29, 0.717) is 46.0 Å². The molecule has 0 saturated heterocycles. The van der Waals surface area contributed by atoms with Crippen LogP contribution in [0.25, 0.3) is 0 Å². The number of ether oxygens (including phenoxy) is 4. The Morgan fingerprint density at radius 1 is 0.417 bits per heavy atom. The van der Waals surface area contributed by atoms with Crippen molar-refractivity contribution in [2.24, 2.45) is 0 Å². The molecule has 0 aliphatic carbocycles. The van der Waals surface area contributed by atoms with Crippen molar-refractivity contribution in [2.75, 3.05) is 59.3 Å². The third-order valence-corrected chi connectivity index (χ3v) is 11.7. The van der Waals surface area contributed by atoms with Crippen LogP contribution < -0.4 is 0 Å². The van der Waals surface area contributed by atoms with Crippen molar-refractivity contribution in [3.8, 4) is 0 Å². The van der Waals surface area contributed by atoms with E-state index in [4.69, 9.17) is 18.9 Å². The van der Waals surface area contributed by atoms with Gasteiger partial charge in [-0.3, -0.25) is 4.79 Å². The summed E-state index contributed by atoms with van der Waals surface area (Å²) in [5.41, 5.74) is 0. The number of allylic oxidation sites excluding steroid dienone is 4. The molecule has 0 aromatic carbocycles. The summed E-state index contributed by atoms with van der Waals surface area (Å²) in [5.74, 6) is 0.166. The van der Waals surface area contributed by atoms with Gasteiger partial charge < -0.3 is 23.8 Å². The summed E-state index contributed by atoms with van der Waals surface area (Å²) in [6, 6.07) is 0. The van der Waals surface area contributed by atoms with Gasteiger partial charge >= 0.3 is 0 Å². The molecular formula is C54H105NO5. The first-order chi connectivity index (χ1) is 29.7. The average Bonchev–Trinajstić information content (AvgIpc) is 3.25. The molecule has 6 heteroatoms. The number of hydrogen-bond acceptors (Lipinski definition) is 5. The van der Waals surface area contributed by atoms with Gasteiger partial charge in [0.1, 0.15) is 0 Å². The molecule has 0 spiro atoms. The summed E-state index contributed by atoms with van der Waals surface area (Å²) in [6.45, 7) is 14.5. The van der Waals surface area contributed by atoms with E-state index in [0.717, 1.165) is 39.0 Å². The summed E-state index contributed by atoms with van der Waals surface area (Å²) < 4.78 is 23.9. The van der Waals surface area contributed by atoms with Crippen LogP contribution in [-0.2, 0) is 23.7 Å². The molecule has 0 saturated carbocycles. The molecule has 0 rings (SSSR count). The molecule has 1 atom stereocenters. The quantitative estimate of drug-likeness (QED) is 0.0451. The first-order valence-corrected chi connectivity index (χ1v) is 26.6. The molecule has 0 aliphatic heterocycles. The van der Waals surface area contributed by atoms with Gasteiger partial charge in [0, 0.05) is 32.9 Å². The average molecular weight is 848 g/mol. The zero-order valence-electron chi connectivity index (χ0n) is 41.0. The molecule has 60 heavy (non-hydrogen) atoms. The van der Waals surface area contributed by atoms with Crippen LogP contribution in [0.2, 0.25) is 0 Å². The van der Waals surface area contributed by atoms with Gasteiger partial charge in [-0.1, -0.05) is 193 Å². The molecule has 0 aromatic heterocycles. The van der Waals surface area contributed by atoms with Crippen LogP contribution in [0.5, 0.6) is 0 Å². The number of carbonyl (C=O) groups excluding carboxylic acids is 1. The second kappa shape index (κ2) is 52.1. The molecule has 356 valence electrons. The third kappa shape index (κ3) is 46.3. The van der Waals surface area contributed by atoms with E-state index in [1.807, 2.05) is 11.8 Å². The Morgan fingerprint density at radius 2 is 0.817 bits per heavy atom. The van der Waals surface area contributed by atoms with E-state index in [-0.39, 0.29) is 12.0 Å². The molecule has 0 heterocycles. The van der Waals surface area contributed by atoms with E-state index >= 15 is 0 Å².